The van der Waals surface area contributed by atoms with E-state index in [4.69, 9.17) is 20.7 Å². The first-order valence-corrected chi connectivity index (χ1v) is 9.35. The van der Waals surface area contributed by atoms with E-state index >= 15 is 0 Å². The maximum absolute atomic E-state index is 10.5. The van der Waals surface area contributed by atoms with E-state index in [1.165, 1.54) is 70.6 Å². The molecule has 0 atom stereocenters. The number of carboxylic acid groups (broad SMARTS) is 2. The molecule has 25 heavy (non-hydrogen) atoms. The summed E-state index contributed by atoms with van der Waals surface area (Å²) in [6.45, 7) is 2.26. The quantitative estimate of drug-likeness (QED) is 0.240. The fourth-order valence-electron chi connectivity index (χ4n) is 2.37. The third kappa shape index (κ3) is 39.7. The average Bonchev–Trinajstić information content (AvgIpc) is 2.50. The Hall–Kier alpha value is -0.923. The first-order chi connectivity index (χ1) is 11.5. The Labute approximate surface area is 167 Å². The summed E-state index contributed by atoms with van der Waals surface area (Å²) in [7, 11) is 0. The number of unbranched alkanes of at least 4 members (excludes halogenated alkanes) is 11. The number of amides is 1. The van der Waals surface area contributed by atoms with Gasteiger partial charge in [0, 0.05) is 6.42 Å². The third-order valence-corrected chi connectivity index (χ3v) is 3.68. The molecule has 1 amide bonds. The van der Waals surface area contributed by atoms with E-state index in [0.29, 0.717) is 6.42 Å². The standard InChI is InChI=1S/C18H35NO.CH2O3.Li.H/c1-2-3-4-5-6-7-8-9-10-11-12-13-14-15-16-17-18(19)20;2-1(3)4;;/h9-10H,2-8,11-17H2,1H3,(H2,19,20);(H2,2,3,4);;/q;;+1;-1/b10-9-;;;. The molecule has 0 aliphatic heterocycles. The molecule has 0 saturated carbocycles. The molecule has 0 fully saturated rings. The van der Waals surface area contributed by atoms with Gasteiger partial charge in [-0.25, -0.2) is 4.79 Å². The van der Waals surface area contributed by atoms with Crippen LogP contribution in [0.15, 0.2) is 12.2 Å². The molecule has 0 aromatic rings. The zero-order valence-corrected chi connectivity index (χ0v) is 16.3. The molecule has 0 aromatic heterocycles. The molecule has 0 rings (SSSR count). The van der Waals surface area contributed by atoms with Gasteiger partial charge in [-0.3, -0.25) is 4.79 Å². The van der Waals surface area contributed by atoms with E-state index in [0.717, 1.165) is 12.8 Å². The van der Waals surface area contributed by atoms with Crippen LogP contribution >= 0.6 is 0 Å². The van der Waals surface area contributed by atoms with E-state index in [1.807, 2.05) is 0 Å². The molecule has 0 aromatic carbocycles. The molecule has 0 saturated heterocycles. The monoisotopic (exact) mass is 351 g/mol. The van der Waals surface area contributed by atoms with Gasteiger partial charge < -0.3 is 17.4 Å². The van der Waals surface area contributed by atoms with Crippen LogP contribution < -0.4 is 24.6 Å². The first kappa shape index (κ1) is 28.9. The van der Waals surface area contributed by atoms with Crippen LogP contribution in [-0.2, 0) is 4.79 Å². The maximum Gasteiger partial charge on any atom is 1.00 e. The topological polar surface area (TPSA) is 101 Å². The van der Waals surface area contributed by atoms with Crippen molar-refractivity contribution in [3.8, 4) is 0 Å². The van der Waals surface area contributed by atoms with Crippen LogP contribution in [0.3, 0.4) is 0 Å². The summed E-state index contributed by atoms with van der Waals surface area (Å²) in [6, 6.07) is 0. The van der Waals surface area contributed by atoms with Crippen LogP contribution in [0.4, 0.5) is 4.79 Å². The number of hydrogen-bond acceptors (Lipinski definition) is 2. The molecule has 144 valence electrons. The number of nitrogens with two attached hydrogens (primary N) is 1. The summed E-state index contributed by atoms with van der Waals surface area (Å²) >= 11 is 0. The normalized spacial score (nSPS) is 9.96. The van der Waals surface area contributed by atoms with Gasteiger partial charge in [0.05, 0.1) is 0 Å². The van der Waals surface area contributed by atoms with Crippen LogP contribution in [0.1, 0.15) is 98.2 Å². The SMILES string of the molecule is CCCCCCCC/C=C\CCCCCCCC(N)=O.O=C(O)O.[H-].[Li+]. The van der Waals surface area contributed by atoms with Crippen LogP contribution in [0.25, 0.3) is 0 Å². The maximum atomic E-state index is 10.5. The number of primary amides is 1. The van der Waals surface area contributed by atoms with Crippen molar-refractivity contribution >= 4 is 12.1 Å². The average molecular weight is 351 g/mol. The molecule has 0 heterocycles. The molecule has 0 aliphatic carbocycles. The van der Waals surface area contributed by atoms with Gasteiger partial charge in [0.2, 0.25) is 5.91 Å². The van der Waals surface area contributed by atoms with Gasteiger partial charge in [-0.05, 0) is 32.1 Å². The first-order valence-electron chi connectivity index (χ1n) is 9.35. The number of carbonyl (C=O) groups is 2. The van der Waals surface area contributed by atoms with E-state index in [9.17, 15) is 4.79 Å². The Morgan fingerprint density at radius 1 is 0.800 bits per heavy atom. The van der Waals surface area contributed by atoms with Crippen molar-refractivity contribution in [2.45, 2.75) is 96.8 Å². The predicted octanol–water partition coefficient (Wildman–Crippen LogP) is 2.85. The van der Waals surface area contributed by atoms with Crippen molar-refractivity contribution in [3.63, 3.8) is 0 Å². The van der Waals surface area contributed by atoms with Gasteiger partial charge in [0.25, 0.3) is 0 Å². The minimum atomic E-state index is -1.83. The Balaban J connectivity index is -0.000000363. The van der Waals surface area contributed by atoms with Crippen molar-refractivity contribution < 1.29 is 40.1 Å². The summed E-state index contributed by atoms with van der Waals surface area (Å²) in [6.07, 6.45) is 20.1. The summed E-state index contributed by atoms with van der Waals surface area (Å²) in [5, 5.41) is 13.9. The van der Waals surface area contributed by atoms with E-state index < -0.39 is 6.16 Å². The summed E-state index contributed by atoms with van der Waals surface area (Å²) in [5.74, 6) is -0.164. The summed E-state index contributed by atoms with van der Waals surface area (Å²) < 4.78 is 0. The number of carbonyl (C=O) groups excluding carboxylic acids is 1. The molecule has 0 radical (unpaired) electrons. The van der Waals surface area contributed by atoms with Crippen LogP contribution in [0, 0.1) is 0 Å². The number of allylic oxidation sites excluding steroid dienone is 2. The number of hydrogen-bond donors (Lipinski definition) is 3. The zero-order chi connectivity index (χ0) is 18.5. The second-order valence-electron chi connectivity index (χ2n) is 6.08. The molecule has 0 bridgehead atoms. The minimum absolute atomic E-state index is 0. The van der Waals surface area contributed by atoms with E-state index in [1.54, 1.807) is 0 Å². The van der Waals surface area contributed by atoms with Crippen LogP contribution in [-0.4, -0.2) is 22.3 Å². The van der Waals surface area contributed by atoms with Crippen molar-refractivity contribution in [1.29, 1.82) is 0 Å². The number of rotatable bonds is 15. The van der Waals surface area contributed by atoms with Gasteiger partial charge in [-0.1, -0.05) is 70.4 Å². The second kappa shape index (κ2) is 25.3. The zero-order valence-electron chi connectivity index (χ0n) is 17.3. The summed E-state index contributed by atoms with van der Waals surface area (Å²) in [4.78, 5) is 19.1. The van der Waals surface area contributed by atoms with Gasteiger partial charge in [-0.15, -0.1) is 0 Å². The Morgan fingerprint density at radius 3 is 1.56 bits per heavy atom. The van der Waals surface area contributed by atoms with Gasteiger partial charge >= 0.3 is 25.0 Å². The van der Waals surface area contributed by atoms with Crippen molar-refractivity contribution in [3.05, 3.63) is 12.2 Å². The molecule has 6 heteroatoms. The molecular weight excluding hydrogens is 313 g/mol. The fourth-order valence-corrected chi connectivity index (χ4v) is 2.37. The predicted molar refractivity (Wildman–Crippen MR) is 100 cm³/mol. The van der Waals surface area contributed by atoms with Crippen molar-refractivity contribution in [1.82, 2.24) is 0 Å². The molecule has 4 N–H and O–H groups in total. The van der Waals surface area contributed by atoms with Crippen LogP contribution in [0.5, 0.6) is 0 Å². The second-order valence-corrected chi connectivity index (χ2v) is 6.08. The molecule has 0 spiro atoms. The Kier molecular flexibility index (Phi) is 29.2. The molecule has 0 aliphatic rings. The third-order valence-electron chi connectivity index (χ3n) is 3.68. The van der Waals surface area contributed by atoms with E-state index in [-0.39, 0.29) is 26.2 Å². The molecule has 5 nitrogen and oxygen atoms in total. The summed E-state index contributed by atoms with van der Waals surface area (Å²) in [5.41, 5.74) is 5.10. The van der Waals surface area contributed by atoms with Gasteiger partial charge in [0.1, 0.15) is 0 Å². The fraction of sp³-hybridized carbons (Fsp3) is 0.789. The smallest absolute Gasteiger partial charge is 1.00 e. The Morgan fingerprint density at radius 2 is 1.16 bits per heavy atom. The van der Waals surface area contributed by atoms with Gasteiger partial charge in [0.15, 0.2) is 0 Å². The Bertz CT molecular complexity index is 325. The van der Waals surface area contributed by atoms with E-state index in [2.05, 4.69) is 19.1 Å². The van der Waals surface area contributed by atoms with Crippen molar-refractivity contribution in [2.75, 3.05) is 0 Å². The van der Waals surface area contributed by atoms with Crippen molar-refractivity contribution in [2.24, 2.45) is 5.73 Å². The van der Waals surface area contributed by atoms with Gasteiger partial charge in [-0.2, -0.15) is 0 Å². The minimum Gasteiger partial charge on any atom is -1.00 e. The molecular formula is C19H38LiNO4. The van der Waals surface area contributed by atoms with Crippen LogP contribution in [0.2, 0.25) is 0 Å². The molecule has 0 unspecified atom stereocenters. The largest absolute Gasteiger partial charge is 1.00 e.